The van der Waals surface area contributed by atoms with E-state index in [1.807, 2.05) is 38.1 Å². The number of fused-ring (bicyclic) bond motifs is 1. The molecule has 0 radical (unpaired) electrons. The van der Waals surface area contributed by atoms with Gasteiger partial charge in [0.1, 0.15) is 0 Å². The first-order chi connectivity index (χ1) is 13.4. The molecule has 2 N–H and O–H groups in total. The van der Waals surface area contributed by atoms with Gasteiger partial charge >= 0.3 is 5.97 Å². The zero-order valence-corrected chi connectivity index (χ0v) is 17.2. The van der Waals surface area contributed by atoms with Crippen LogP contribution in [0.1, 0.15) is 52.4 Å². The lowest BCUT2D eigenvalue weighted by Crippen LogP contribution is -2.43. The highest BCUT2D eigenvalue weighted by Crippen LogP contribution is 2.36. The van der Waals surface area contributed by atoms with Gasteiger partial charge in [-0.05, 0) is 37.3 Å². The number of hydrogen-bond donors (Lipinski definition) is 2. The predicted octanol–water partition coefficient (Wildman–Crippen LogP) is 3.51. The normalized spacial score (nSPS) is 20.4. The van der Waals surface area contributed by atoms with Gasteiger partial charge in [0, 0.05) is 10.9 Å². The number of rotatable bonds is 7. The number of esters is 1. The van der Waals surface area contributed by atoms with Crippen LogP contribution in [0.25, 0.3) is 0 Å². The third kappa shape index (κ3) is 5.50. The molecule has 1 aliphatic carbocycles. The van der Waals surface area contributed by atoms with E-state index in [-0.39, 0.29) is 30.2 Å². The molecule has 28 heavy (non-hydrogen) atoms. The van der Waals surface area contributed by atoms with Crippen molar-refractivity contribution in [3.8, 4) is 0 Å². The van der Waals surface area contributed by atoms with Crippen LogP contribution >= 0.6 is 11.8 Å². The van der Waals surface area contributed by atoms with Crippen molar-refractivity contribution in [3.05, 3.63) is 24.3 Å². The standard InChI is InChI=1S/C21H28N2O4S/c1-13(2)11-16(20(25)22-14-7-3-4-8-14)27-19(24)12-18-21(26)23-15-9-5-6-10-17(15)28-18/h5-6,9-10,13-14,16,18H,3-4,7-8,11-12H2,1-2H3,(H,22,25)(H,23,26)/t16-,18+/m0/s1. The molecule has 2 amide bonds. The first kappa shape index (κ1) is 20.7. The SMILES string of the molecule is CC(C)C[C@H](OC(=O)C[C@H]1Sc2ccccc2NC1=O)C(=O)NC1CCCC1. The second kappa shape index (κ2) is 9.45. The van der Waals surface area contributed by atoms with E-state index in [1.165, 1.54) is 11.8 Å². The fourth-order valence-corrected chi connectivity index (χ4v) is 4.68. The van der Waals surface area contributed by atoms with Crippen molar-refractivity contribution < 1.29 is 19.1 Å². The Balaban J connectivity index is 1.58. The number of benzene rings is 1. The van der Waals surface area contributed by atoms with E-state index >= 15 is 0 Å². The van der Waals surface area contributed by atoms with E-state index in [9.17, 15) is 14.4 Å². The maximum absolute atomic E-state index is 12.6. The average molecular weight is 405 g/mol. The van der Waals surface area contributed by atoms with Gasteiger partial charge in [-0.25, -0.2) is 0 Å². The van der Waals surface area contributed by atoms with Gasteiger partial charge in [0.25, 0.3) is 5.91 Å². The van der Waals surface area contributed by atoms with Crippen molar-refractivity contribution in [1.82, 2.24) is 5.32 Å². The first-order valence-electron chi connectivity index (χ1n) is 9.98. The number of amides is 2. The first-order valence-corrected chi connectivity index (χ1v) is 10.9. The molecule has 7 heteroatoms. The van der Waals surface area contributed by atoms with Gasteiger partial charge < -0.3 is 15.4 Å². The molecule has 6 nitrogen and oxygen atoms in total. The Morgan fingerprint density at radius 3 is 2.68 bits per heavy atom. The Morgan fingerprint density at radius 2 is 1.96 bits per heavy atom. The van der Waals surface area contributed by atoms with Gasteiger partial charge in [-0.1, -0.05) is 38.8 Å². The fraction of sp³-hybridized carbons (Fsp3) is 0.571. The molecule has 0 saturated heterocycles. The van der Waals surface area contributed by atoms with Gasteiger partial charge in [0.2, 0.25) is 5.91 Å². The van der Waals surface area contributed by atoms with Crippen molar-refractivity contribution in [3.63, 3.8) is 0 Å². The lowest BCUT2D eigenvalue weighted by molar-refractivity contribution is -0.157. The highest BCUT2D eigenvalue weighted by Gasteiger charge is 2.32. The summed E-state index contributed by atoms with van der Waals surface area (Å²) < 4.78 is 5.53. The molecule has 0 spiro atoms. The number of carbonyl (C=O) groups is 3. The summed E-state index contributed by atoms with van der Waals surface area (Å²) in [5.74, 6) is -0.734. The fourth-order valence-electron chi connectivity index (χ4n) is 3.59. The van der Waals surface area contributed by atoms with Crippen molar-refractivity contribution >= 4 is 35.2 Å². The molecule has 0 aromatic heterocycles. The highest BCUT2D eigenvalue weighted by atomic mass is 32.2. The molecule has 1 aliphatic heterocycles. The largest absolute Gasteiger partial charge is 0.452 e. The molecule has 2 atom stereocenters. The van der Waals surface area contributed by atoms with Crippen LogP contribution < -0.4 is 10.6 Å². The van der Waals surface area contributed by atoms with Crippen LogP contribution in [0.5, 0.6) is 0 Å². The Morgan fingerprint density at radius 1 is 1.25 bits per heavy atom. The predicted molar refractivity (Wildman–Crippen MR) is 109 cm³/mol. The zero-order valence-electron chi connectivity index (χ0n) is 16.4. The molecule has 1 aromatic rings. The monoisotopic (exact) mass is 404 g/mol. The maximum Gasteiger partial charge on any atom is 0.308 e. The molecule has 0 bridgehead atoms. The number of carbonyl (C=O) groups excluding carboxylic acids is 3. The number of thioether (sulfide) groups is 1. The smallest absolute Gasteiger partial charge is 0.308 e. The van der Waals surface area contributed by atoms with Crippen molar-refractivity contribution in [2.45, 2.75) is 74.7 Å². The maximum atomic E-state index is 12.6. The van der Waals surface area contributed by atoms with Crippen molar-refractivity contribution in [2.24, 2.45) is 5.92 Å². The minimum Gasteiger partial charge on any atom is -0.452 e. The number of ether oxygens (including phenoxy) is 1. The summed E-state index contributed by atoms with van der Waals surface area (Å²) in [5.41, 5.74) is 0.760. The van der Waals surface area contributed by atoms with Gasteiger partial charge in [-0.15, -0.1) is 11.8 Å². The summed E-state index contributed by atoms with van der Waals surface area (Å²) in [6, 6.07) is 7.67. The van der Waals surface area contributed by atoms with Crippen LogP contribution in [0, 0.1) is 5.92 Å². The van der Waals surface area contributed by atoms with Crippen LogP contribution in [0.4, 0.5) is 5.69 Å². The molecule has 2 aliphatic rings. The minimum absolute atomic E-state index is 0.0594. The average Bonchev–Trinajstić information content (AvgIpc) is 3.14. The Labute approximate surface area is 170 Å². The van der Waals surface area contributed by atoms with Crippen molar-refractivity contribution in [1.29, 1.82) is 0 Å². The van der Waals surface area contributed by atoms with Gasteiger partial charge in [-0.2, -0.15) is 0 Å². The molecular weight excluding hydrogens is 376 g/mol. The zero-order chi connectivity index (χ0) is 20.1. The number of anilines is 1. The topological polar surface area (TPSA) is 84.5 Å². The molecular formula is C21H28N2O4S. The van der Waals surface area contributed by atoms with Crippen molar-refractivity contribution in [2.75, 3.05) is 5.32 Å². The molecule has 1 heterocycles. The molecule has 1 fully saturated rings. The summed E-state index contributed by atoms with van der Waals surface area (Å²) >= 11 is 1.36. The van der Waals surface area contributed by atoms with Crippen LogP contribution in [-0.2, 0) is 19.1 Å². The number of nitrogens with one attached hydrogen (secondary N) is 2. The Hall–Kier alpha value is -2.02. The highest BCUT2D eigenvalue weighted by molar-refractivity contribution is 8.01. The Bertz CT molecular complexity index is 731. The minimum atomic E-state index is -0.808. The van der Waals surface area contributed by atoms with Crippen LogP contribution in [0.15, 0.2) is 29.2 Å². The van der Waals surface area contributed by atoms with E-state index in [0.29, 0.717) is 6.42 Å². The quantitative estimate of drug-likeness (QED) is 0.680. The third-order valence-electron chi connectivity index (χ3n) is 5.01. The van der Waals surface area contributed by atoms with Crippen LogP contribution in [0.3, 0.4) is 0 Å². The molecule has 1 aromatic carbocycles. The van der Waals surface area contributed by atoms with Crippen LogP contribution in [-0.4, -0.2) is 35.2 Å². The van der Waals surface area contributed by atoms with E-state index in [0.717, 1.165) is 36.3 Å². The van der Waals surface area contributed by atoms with Gasteiger partial charge in [0.05, 0.1) is 17.4 Å². The van der Waals surface area contributed by atoms with E-state index in [1.54, 1.807) is 0 Å². The number of hydrogen-bond acceptors (Lipinski definition) is 5. The molecule has 3 rings (SSSR count). The summed E-state index contributed by atoms with van der Waals surface area (Å²) in [6.07, 6.45) is 3.80. The van der Waals surface area contributed by atoms with E-state index in [2.05, 4.69) is 10.6 Å². The Kier molecular flexibility index (Phi) is 6.99. The lowest BCUT2D eigenvalue weighted by atomic mass is 10.0. The summed E-state index contributed by atoms with van der Waals surface area (Å²) in [6.45, 7) is 3.98. The lowest BCUT2D eigenvalue weighted by Gasteiger charge is -2.25. The summed E-state index contributed by atoms with van der Waals surface area (Å²) in [7, 11) is 0. The van der Waals surface area contributed by atoms with Gasteiger partial charge in [0.15, 0.2) is 6.10 Å². The van der Waals surface area contributed by atoms with Gasteiger partial charge in [-0.3, -0.25) is 14.4 Å². The number of para-hydroxylation sites is 1. The molecule has 1 saturated carbocycles. The summed E-state index contributed by atoms with van der Waals surface area (Å²) in [5, 5.41) is 5.28. The summed E-state index contributed by atoms with van der Waals surface area (Å²) in [4.78, 5) is 38.4. The molecule has 0 unspecified atom stereocenters. The third-order valence-corrected chi connectivity index (χ3v) is 6.29. The van der Waals surface area contributed by atoms with Crippen LogP contribution in [0.2, 0.25) is 0 Å². The van der Waals surface area contributed by atoms with E-state index in [4.69, 9.17) is 4.74 Å². The van der Waals surface area contributed by atoms with E-state index < -0.39 is 17.3 Å². The molecule has 152 valence electrons. The second-order valence-electron chi connectivity index (χ2n) is 7.89. The second-order valence-corrected chi connectivity index (χ2v) is 9.14.